The number of nitrogens with zero attached hydrogens (tertiary/aromatic N) is 1. The van der Waals surface area contributed by atoms with Crippen molar-refractivity contribution in [2.45, 2.75) is 58.0 Å². The summed E-state index contributed by atoms with van der Waals surface area (Å²) in [6.07, 6.45) is 4.50. The Hall–Kier alpha value is -2.94. The van der Waals surface area contributed by atoms with E-state index >= 15 is 0 Å². The lowest BCUT2D eigenvalue weighted by molar-refractivity contribution is -0.137. The fourth-order valence-corrected chi connectivity index (χ4v) is 4.98. The second-order valence-electron chi connectivity index (χ2n) is 9.99. The maximum absolute atomic E-state index is 13.1. The molecule has 3 atom stereocenters. The van der Waals surface area contributed by atoms with Crippen LogP contribution in [-0.2, 0) is 14.4 Å². The van der Waals surface area contributed by atoms with Gasteiger partial charge in [-0.3, -0.25) is 14.4 Å². The zero-order valence-corrected chi connectivity index (χ0v) is 19.5. The zero-order chi connectivity index (χ0) is 24.2. The standard InChI is InChI=1S/C24H35N5O4/c1-24(2)9-5-6-16(11-24)28-23(33)19-10-15(14-30)13-29(19)20(31)12-27-18-8-4-3-7-17(18)21(25)22(26)32/h3-4,7-8,15-16,19,25,27,30H,5-6,9-14H2,1-2H3,(H2,26,32)(H,28,33)/p+1/t15-,16+,19-/m0/s1. The number of carbonyl (C=O) groups is 3. The highest BCUT2D eigenvalue weighted by Crippen LogP contribution is 2.35. The van der Waals surface area contributed by atoms with Crippen LogP contribution in [0, 0.1) is 11.3 Å². The molecule has 0 radical (unpaired) electrons. The van der Waals surface area contributed by atoms with E-state index in [2.05, 4.69) is 24.5 Å². The lowest BCUT2D eigenvalue weighted by Gasteiger charge is -2.36. The zero-order valence-electron chi connectivity index (χ0n) is 19.5. The summed E-state index contributed by atoms with van der Waals surface area (Å²) in [6.45, 7) is 4.59. The number of carbonyl (C=O) groups excluding carboxylic acids is 3. The number of hydrogen-bond acceptors (Lipinski definition) is 5. The number of amides is 3. The topological polar surface area (TPSA) is 150 Å². The molecule has 0 spiro atoms. The lowest BCUT2D eigenvalue weighted by atomic mass is 9.75. The van der Waals surface area contributed by atoms with Crippen LogP contribution in [0.3, 0.4) is 0 Å². The Bertz CT molecular complexity index is 916. The summed E-state index contributed by atoms with van der Waals surface area (Å²) in [5.74, 6) is -1.31. The smallest absolute Gasteiger partial charge is 0.313 e. The van der Waals surface area contributed by atoms with Gasteiger partial charge in [-0.15, -0.1) is 0 Å². The summed E-state index contributed by atoms with van der Waals surface area (Å²) in [5.41, 5.74) is 6.31. The number of benzene rings is 1. The van der Waals surface area contributed by atoms with Crippen molar-refractivity contribution in [1.82, 2.24) is 10.2 Å². The molecule has 1 saturated heterocycles. The van der Waals surface area contributed by atoms with Gasteiger partial charge in [0.15, 0.2) is 0 Å². The number of nitrogens with two attached hydrogens (primary N) is 2. The molecule has 7 N–H and O–H groups in total. The van der Waals surface area contributed by atoms with Gasteiger partial charge in [-0.05, 0) is 43.2 Å². The van der Waals surface area contributed by atoms with Crippen molar-refractivity contribution in [1.29, 1.82) is 0 Å². The Morgan fingerprint density at radius 2 is 2.00 bits per heavy atom. The van der Waals surface area contributed by atoms with Gasteiger partial charge >= 0.3 is 5.91 Å². The molecule has 2 fully saturated rings. The summed E-state index contributed by atoms with van der Waals surface area (Å²) in [4.78, 5) is 39.2. The molecule has 180 valence electrons. The number of aliphatic hydroxyl groups excluding tert-OH is 1. The van der Waals surface area contributed by atoms with Crippen molar-refractivity contribution >= 4 is 29.1 Å². The molecule has 9 nitrogen and oxygen atoms in total. The van der Waals surface area contributed by atoms with Crippen LogP contribution in [0.25, 0.3) is 0 Å². The minimum Gasteiger partial charge on any atom is -0.396 e. The van der Waals surface area contributed by atoms with Crippen molar-refractivity contribution in [3.63, 3.8) is 0 Å². The number of likely N-dealkylation sites (tertiary alicyclic amines) is 1. The second kappa shape index (κ2) is 10.3. The Balaban J connectivity index is 1.66. The van der Waals surface area contributed by atoms with Gasteiger partial charge in [-0.2, -0.15) is 0 Å². The van der Waals surface area contributed by atoms with Gasteiger partial charge in [0.2, 0.25) is 11.8 Å². The van der Waals surface area contributed by atoms with Crippen molar-refractivity contribution in [3.05, 3.63) is 29.8 Å². The molecule has 1 aliphatic heterocycles. The van der Waals surface area contributed by atoms with E-state index in [-0.39, 0.29) is 48.1 Å². The molecule has 0 aromatic heterocycles. The summed E-state index contributed by atoms with van der Waals surface area (Å²) in [5, 5.41) is 21.6. The summed E-state index contributed by atoms with van der Waals surface area (Å²) in [6, 6.07) is 6.31. The fraction of sp³-hybridized carbons (Fsp3) is 0.583. The predicted octanol–water partition coefficient (Wildman–Crippen LogP) is -0.574. The number of aliphatic hydroxyl groups is 1. The molecule has 1 heterocycles. The highest BCUT2D eigenvalue weighted by Gasteiger charge is 2.40. The van der Waals surface area contributed by atoms with Crippen LogP contribution in [0.2, 0.25) is 0 Å². The Morgan fingerprint density at radius 3 is 2.67 bits per heavy atom. The van der Waals surface area contributed by atoms with Gasteiger partial charge in [0.25, 0.3) is 5.71 Å². The molecule has 2 aliphatic rings. The first-order chi connectivity index (χ1) is 15.6. The Kier molecular flexibility index (Phi) is 7.73. The van der Waals surface area contributed by atoms with E-state index in [4.69, 9.17) is 11.1 Å². The maximum atomic E-state index is 13.1. The third kappa shape index (κ3) is 6.10. The van der Waals surface area contributed by atoms with Crippen LogP contribution in [0.15, 0.2) is 24.3 Å². The molecular weight excluding hydrogens is 422 g/mol. The normalized spacial score (nSPS) is 24.2. The molecular formula is C24H36N5O4+. The second-order valence-corrected chi connectivity index (χ2v) is 9.99. The Morgan fingerprint density at radius 1 is 1.27 bits per heavy atom. The van der Waals surface area contributed by atoms with Gasteiger partial charge in [0.05, 0.1) is 12.1 Å². The SMILES string of the molecule is CC1(C)CCC[C@@H](NC(=O)[C@@H]2C[C@H](CO)CN2C(=O)CNc2ccccc2C(=[NH2+])C(N)=O)C1. The van der Waals surface area contributed by atoms with Gasteiger partial charge in [-0.25, -0.2) is 5.41 Å². The van der Waals surface area contributed by atoms with Gasteiger partial charge in [-0.1, -0.05) is 32.4 Å². The van der Waals surface area contributed by atoms with E-state index in [0.717, 1.165) is 25.7 Å². The summed E-state index contributed by atoms with van der Waals surface area (Å²) < 4.78 is 0. The monoisotopic (exact) mass is 458 g/mol. The van der Waals surface area contributed by atoms with Gasteiger partial charge in [0, 0.05) is 30.8 Å². The first-order valence-corrected chi connectivity index (χ1v) is 11.6. The van der Waals surface area contributed by atoms with Crippen LogP contribution in [-0.4, -0.2) is 65.2 Å². The van der Waals surface area contributed by atoms with E-state index in [0.29, 0.717) is 24.2 Å². The third-order valence-corrected chi connectivity index (χ3v) is 6.73. The van der Waals surface area contributed by atoms with Crippen molar-refractivity contribution in [2.75, 3.05) is 25.0 Å². The first-order valence-electron chi connectivity index (χ1n) is 11.6. The average molecular weight is 459 g/mol. The lowest BCUT2D eigenvalue weighted by Crippen LogP contribution is -2.51. The highest BCUT2D eigenvalue weighted by molar-refractivity contribution is 6.43. The van der Waals surface area contributed by atoms with E-state index in [1.54, 1.807) is 29.2 Å². The summed E-state index contributed by atoms with van der Waals surface area (Å²) in [7, 11) is 0. The van der Waals surface area contributed by atoms with Gasteiger partial charge in [0.1, 0.15) is 6.04 Å². The minimum absolute atomic E-state index is 0.0790. The number of para-hydroxylation sites is 1. The first kappa shape index (κ1) is 24.7. The third-order valence-electron chi connectivity index (χ3n) is 6.73. The molecule has 33 heavy (non-hydrogen) atoms. The van der Waals surface area contributed by atoms with E-state index < -0.39 is 11.9 Å². The van der Waals surface area contributed by atoms with Crippen LogP contribution in [0.1, 0.15) is 51.5 Å². The van der Waals surface area contributed by atoms with Crippen molar-refractivity contribution in [2.24, 2.45) is 17.1 Å². The fourth-order valence-electron chi connectivity index (χ4n) is 4.98. The number of rotatable bonds is 8. The van der Waals surface area contributed by atoms with Crippen LogP contribution >= 0.6 is 0 Å². The largest absolute Gasteiger partial charge is 0.396 e. The van der Waals surface area contributed by atoms with Crippen molar-refractivity contribution in [3.8, 4) is 0 Å². The molecule has 3 amide bonds. The highest BCUT2D eigenvalue weighted by atomic mass is 16.3. The van der Waals surface area contributed by atoms with Crippen LogP contribution < -0.4 is 21.8 Å². The number of nitrogens with one attached hydrogen (secondary N) is 2. The van der Waals surface area contributed by atoms with Crippen LogP contribution in [0.4, 0.5) is 5.69 Å². The molecule has 1 saturated carbocycles. The van der Waals surface area contributed by atoms with Crippen LogP contribution in [0.5, 0.6) is 0 Å². The maximum Gasteiger partial charge on any atom is 0.313 e. The van der Waals surface area contributed by atoms with Gasteiger partial charge < -0.3 is 26.4 Å². The number of hydrogen-bond donors (Lipinski definition) is 5. The van der Waals surface area contributed by atoms with E-state index in [1.165, 1.54) is 0 Å². The number of primary amides is 1. The van der Waals surface area contributed by atoms with E-state index in [1.807, 2.05) is 0 Å². The molecule has 0 unspecified atom stereocenters. The molecule has 9 heteroatoms. The molecule has 3 rings (SSSR count). The molecule has 1 aliphatic carbocycles. The van der Waals surface area contributed by atoms with Crippen molar-refractivity contribution < 1.29 is 24.9 Å². The minimum atomic E-state index is -0.747. The number of anilines is 1. The molecule has 0 bridgehead atoms. The molecule has 1 aromatic carbocycles. The summed E-state index contributed by atoms with van der Waals surface area (Å²) >= 11 is 0. The quantitative estimate of drug-likeness (QED) is 0.331. The average Bonchev–Trinajstić information content (AvgIpc) is 3.21. The Labute approximate surface area is 194 Å². The molecule has 1 aromatic rings. The predicted molar refractivity (Wildman–Crippen MR) is 125 cm³/mol. The van der Waals surface area contributed by atoms with E-state index in [9.17, 15) is 19.5 Å².